The molecular weight excluding hydrogens is 252 g/mol. The van der Waals surface area contributed by atoms with Gasteiger partial charge in [-0.25, -0.2) is 0 Å². The van der Waals surface area contributed by atoms with Crippen LogP contribution in [0.2, 0.25) is 0 Å². The Labute approximate surface area is 118 Å². The van der Waals surface area contributed by atoms with Gasteiger partial charge >= 0.3 is 0 Å². The second kappa shape index (κ2) is 5.10. The number of thiophene rings is 1. The average Bonchev–Trinajstić information content (AvgIpc) is 2.80. The maximum Gasteiger partial charge on any atom is 0.113 e. The topological polar surface area (TPSA) is 20.2 Å². The first-order chi connectivity index (χ1) is 9.13. The summed E-state index contributed by atoms with van der Waals surface area (Å²) in [5.41, 5.74) is 4.93. The Kier molecular flexibility index (Phi) is 3.46. The highest BCUT2D eigenvalue weighted by molar-refractivity contribution is 7.12. The van der Waals surface area contributed by atoms with E-state index < -0.39 is 6.10 Å². The maximum atomic E-state index is 10.6. The Morgan fingerprint density at radius 3 is 2.37 bits per heavy atom. The molecule has 1 N–H and O–H groups in total. The van der Waals surface area contributed by atoms with Gasteiger partial charge in [0, 0.05) is 9.75 Å². The largest absolute Gasteiger partial charge is 0.383 e. The Hall–Kier alpha value is -1.12. The number of rotatable bonds is 2. The number of fused-ring (bicyclic) bond motifs is 1. The fourth-order valence-electron chi connectivity index (χ4n) is 2.98. The van der Waals surface area contributed by atoms with E-state index in [1.54, 1.807) is 11.3 Å². The summed E-state index contributed by atoms with van der Waals surface area (Å²) in [7, 11) is 0. The number of hydrogen-bond acceptors (Lipinski definition) is 2. The Balaban J connectivity index is 1.94. The molecule has 0 aliphatic heterocycles. The number of hydrogen-bond donors (Lipinski definition) is 1. The minimum Gasteiger partial charge on any atom is -0.383 e. The minimum absolute atomic E-state index is 0.464. The molecule has 2 heteroatoms. The first-order valence-electron chi connectivity index (χ1n) is 7.01. The van der Waals surface area contributed by atoms with Crippen LogP contribution in [0.3, 0.4) is 0 Å². The fourth-order valence-corrected chi connectivity index (χ4v) is 4.25. The maximum absolute atomic E-state index is 10.6. The van der Waals surface area contributed by atoms with Gasteiger partial charge in [-0.1, -0.05) is 29.3 Å². The lowest BCUT2D eigenvalue weighted by atomic mass is 9.97. The molecule has 0 amide bonds. The van der Waals surface area contributed by atoms with Gasteiger partial charge in [0.25, 0.3) is 0 Å². The van der Waals surface area contributed by atoms with Crippen molar-refractivity contribution in [2.24, 2.45) is 0 Å². The monoisotopic (exact) mass is 272 g/mol. The lowest BCUT2D eigenvalue weighted by Crippen LogP contribution is -1.98. The molecule has 0 spiro atoms. The Morgan fingerprint density at radius 2 is 1.68 bits per heavy atom. The third-order valence-electron chi connectivity index (χ3n) is 3.84. The first kappa shape index (κ1) is 12.9. The highest BCUT2D eigenvalue weighted by Gasteiger charge is 2.19. The highest BCUT2D eigenvalue weighted by atomic mass is 32.1. The van der Waals surface area contributed by atoms with Crippen LogP contribution in [0.5, 0.6) is 0 Å². The number of benzene rings is 1. The van der Waals surface area contributed by atoms with E-state index in [1.807, 2.05) is 0 Å². The molecule has 1 aliphatic rings. The summed E-state index contributed by atoms with van der Waals surface area (Å²) >= 11 is 1.80. The van der Waals surface area contributed by atoms with Gasteiger partial charge in [-0.05, 0) is 56.7 Å². The summed E-state index contributed by atoms with van der Waals surface area (Å²) in [5, 5.41) is 10.6. The summed E-state index contributed by atoms with van der Waals surface area (Å²) < 4.78 is 0. The van der Waals surface area contributed by atoms with Crippen molar-refractivity contribution < 1.29 is 5.11 Å². The molecular formula is C17H20OS. The molecule has 1 atom stereocenters. The minimum atomic E-state index is -0.464. The zero-order chi connectivity index (χ0) is 13.4. The summed E-state index contributed by atoms with van der Waals surface area (Å²) in [6.45, 7) is 4.17. The highest BCUT2D eigenvalue weighted by Crippen LogP contribution is 2.35. The van der Waals surface area contributed by atoms with Gasteiger partial charge in [0.05, 0.1) is 0 Å². The molecule has 1 nitrogen and oxygen atoms in total. The smallest absolute Gasteiger partial charge is 0.113 e. The van der Waals surface area contributed by atoms with Gasteiger partial charge in [0.2, 0.25) is 0 Å². The lowest BCUT2D eigenvalue weighted by Gasteiger charge is -2.11. The van der Waals surface area contributed by atoms with E-state index in [1.165, 1.54) is 47.3 Å². The van der Waals surface area contributed by atoms with Crippen molar-refractivity contribution in [3.05, 3.63) is 56.3 Å². The number of aryl methyl sites for hydroxylation is 4. The van der Waals surface area contributed by atoms with Crippen LogP contribution in [0.25, 0.3) is 0 Å². The van der Waals surface area contributed by atoms with Crippen LogP contribution < -0.4 is 0 Å². The molecule has 0 fully saturated rings. The number of aliphatic hydroxyl groups excluding tert-OH is 1. The van der Waals surface area contributed by atoms with Gasteiger partial charge in [-0.2, -0.15) is 0 Å². The van der Waals surface area contributed by atoms with E-state index in [4.69, 9.17) is 0 Å². The number of aliphatic hydroxyl groups is 1. The van der Waals surface area contributed by atoms with Crippen LogP contribution >= 0.6 is 11.3 Å². The van der Waals surface area contributed by atoms with E-state index in [9.17, 15) is 5.11 Å². The van der Waals surface area contributed by atoms with Gasteiger partial charge in [-0.15, -0.1) is 11.3 Å². The molecule has 2 aromatic rings. The summed E-state index contributed by atoms with van der Waals surface area (Å²) in [6.07, 6.45) is 4.51. The van der Waals surface area contributed by atoms with Crippen LogP contribution in [-0.2, 0) is 12.8 Å². The predicted octanol–water partition coefficient (Wildman–Crippen LogP) is 4.33. The van der Waals surface area contributed by atoms with Gasteiger partial charge < -0.3 is 5.11 Å². The summed E-state index contributed by atoms with van der Waals surface area (Å²) in [6, 6.07) is 8.56. The van der Waals surface area contributed by atoms with Crippen LogP contribution in [0.1, 0.15) is 51.0 Å². The van der Waals surface area contributed by atoms with E-state index >= 15 is 0 Å². The zero-order valence-electron chi connectivity index (χ0n) is 11.6. The van der Waals surface area contributed by atoms with Gasteiger partial charge in [0.15, 0.2) is 0 Å². The predicted molar refractivity (Wildman–Crippen MR) is 80.9 cm³/mol. The molecule has 0 bridgehead atoms. The molecule has 0 radical (unpaired) electrons. The molecule has 1 heterocycles. The van der Waals surface area contributed by atoms with E-state index in [2.05, 4.69) is 38.1 Å². The van der Waals surface area contributed by atoms with Crippen LogP contribution in [0.4, 0.5) is 0 Å². The van der Waals surface area contributed by atoms with E-state index in [0.717, 1.165) is 10.4 Å². The fraction of sp³-hybridized carbons (Fsp3) is 0.412. The van der Waals surface area contributed by atoms with Crippen molar-refractivity contribution in [1.82, 2.24) is 0 Å². The average molecular weight is 272 g/mol. The molecule has 100 valence electrons. The van der Waals surface area contributed by atoms with Crippen molar-refractivity contribution >= 4 is 11.3 Å². The molecule has 1 aliphatic carbocycles. The molecule has 1 unspecified atom stereocenters. The third kappa shape index (κ3) is 2.60. The molecule has 1 aromatic carbocycles. The normalized spacial score (nSPS) is 16.2. The second-order valence-corrected chi connectivity index (χ2v) is 6.80. The molecule has 1 aromatic heterocycles. The third-order valence-corrected chi connectivity index (χ3v) is 5.13. The standard InChI is InChI=1S/C17H20OS/c1-11-7-12(2)9-14(8-11)17(18)16-10-13-5-3-4-6-15(13)19-16/h7-10,17-18H,3-6H2,1-2H3. The summed E-state index contributed by atoms with van der Waals surface area (Å²) in [4.78, 5) is 2.60. The van der Waals surface area contributed by atoms with Crippen molar-refractivity contribution in [2.45, 2.75) is 45.6 Å². The Morgan fingerprint density at radius 1 is 1.00 bits per heavy atom. The van der Waals surface area contributed by atoms with E-state index in [-0.39, 0.29) is 0 Å². The lowest BCUT2D eigenvalue weighted by molar-refractivity contribution is 0.224. The Bertz CT molecular complexity index is 554. The zero-order valence-corrected chi connectivity index (χ0v) is 12.4. The SMILES string of the molecule is Cc1cc(C)cc(C(O)c2cc3c(s2)CCCC3)c1. The van der Waals surface area contributed by atoms with Gasteiger partial charge in [-0.3, -0.25) is 0 Å². The molecule has 0 saturated carbocycles. The first-order valence-corrected chi connectivity index (χ1v) is 7.83. The molecule has 3 rings (SSSR count). The molecule has 19 heavy (non-hydrogen) atoms. The van der Waals surface area contributed by atoms with Crippen molar-refractivity contribution in [2.75, 3.05) is 0 Å². The van der Waals surface area contributed by atoms with Gasteiger partial charge in [0.1, 0.15) is 6.10 Å². The van der Waals surface area contributed by atoms with Crippen LogP contribution in [0.15, 0.2) is 24.3 Å². The van der Waals surface area contributed by atoms with Crippen molar-refractivity contribution in [3.63, 3.8) is 0 Å². The van der Waals surface area contributed by atoms with E-state index in [0.29, 0.717) is 0 Å². The quantitative estimate of drug-likeness (QED) is 0.863. The van der Waals surface area contributed by atoms with Crippen molar-refractivity contribution in [1.29, 1.82) is 0 Å². The second-order valence-electron chi connectivity index (χ2n) is 5.63. The molecule has 0 saturated heterocycles. The van der Waals surface area contributed by atoms with Crippen LogP contribution in [0, 0.1) is 13.8 Å². The van der Waals surface area contributed by atoms with Crippen molar-refractivity contribution in [3.8, 4) is 0 Å². The summed E-state index contributed by atoms with van der Waals surface area (Å²) in [5.74, 6) is 0. The van der Waals surface area contributed by atoms with Crippen LogP contribution in [-0.4, -0.2) is 5.11 Å².